The summed E-state index contributed by atoms with van der Waals surface area (Å²) in [5.41, 5.74) is 3.41. The van der Waals surface area contributed by atoms with Crippen molar-refractivity contribution in [2.24, 2.45) is 0 Å². The van der Waals surface area contributed by atoms with E-state index in [1.54, 1.807) is 18.2 Å². The Hall–Kier alpha value is -4.03. The first-order valence-electron chi connectivity index (χ1n) is 11.9. The smallest absolute Gasteiger partial charge is 0.288 e. The molecule has 0 unspecified atom stereocenters. The Bertz CT molecular complexity index is 1380. The molecule has 184 valence electrons. The van der Waals surface area contributed by atoms with Gasteiger partial charge in [0.1, 0.15) is 18.0 Å². The van der Waals surface area contributed by atoms with Crippen LogP contribution >= 0.6 is 0 Å². The molecule has 0 radical (unpaired) electrons. The van der Waals surface area contributed by atoms with Crippen LogP contribution < -0.4 is 15.0 Å². The molecule has 36 heavy (non-hydrogen) atoms. The van der Waals surface area contributed by atoms with Crippen molar-refractivity contribution in [3.05, 3.63) is 76.4 Å². The van der Waals surface area contributed by atoms with Crippen molar-refractivity contribution in [2.75, 3.05) is 42.9 Å². The predicted molar refractivity (Wildman–Crippen MR) is 136 cm³/mol. The minimum atomic E-state index is -0.495. The Kier molecular flexibility index (Phi) is 6.53. The van der Waals surface area contributed by atoms with Crippen molar-refractivity contribution in [3.63, 3.8) is 0 Å². The molecular formula is C27H26F2N6O. The molecule has 0 spiro atoms. The fourth-order valence-corrected chi connectivity index (χ4v) is 4.62. The number of nitrogens with zero attached hydrogens (tertiary/aromatic N) is 5. The van der Waals surface area contributed by atoms with Crippen LogP contribution in [0.4, 0.5) is 31.7 Å². The highest BCUT2D eigenvalue weighted by atomic mass is 19.1. The number of piperazine rings is 1. The summed E-state index contributed by atoms with van der Waals surface area (Å²) < 4.78 is 35.7. The Morgan fingerprint density at radius 3 is 2.64 bits per heavy atom. The summed E-state index contributed by atoms with van der Waals surface area (Å²) in [6.07, 6.45) is 3.72. The maximum absolute atomic E-state index is 15.0. The van der Waals surface area contributed by atoms with Gasteiger partial charge in [0.05, 0.1) is 12.3 Å². The van der Waals surface area contributed by atoms with Gasteiger partial charge in [0.2, 0.25) is 5.88 Å². The minimum absolute atomic E-state index is 0.0205. The highest BCUT2D eigenvalue weighted by molar-refractivity contribution is 5.76. The van der Waals surface area contributed by atoms with Gasteiger partial charge in [0, 0.05) is 37.4 Å². The lowest BCUT2D eigenvalue weighted by Crippen LogP contribution is -2.46. The fraction of sp³-hybridized carbons (Fsp3) is 0.296. The van der Waals surface area contributed by atoms with Gasteiger partial charge in [-0.3, -0.25) is 0 Å². The molecule has 1 saturated heterocycles. The number of aromatic nitrogens is 2. The molecule has 0 amide bonds. The highest BCUT2D eigenvalue weighted by Gasteiger charge is 2.22. The number of likely N-dealkylation sites (N-methyl/N-ethyl adjacent to an activating group) is 1. The van der Waals surface area contributed by atoms with E-state index in [0.29, 0.717) is 23.4 Å². The number of rotatable bonds is 6. The molecule has 0 saturated carbocycles. The fourth-order valence-electron chi connectivity index (χ4n) is 4.62. The van der Waals surface area contributed by atoms with Crippen LogP contribution in [0.5, 0.6) is 11.6 Å². The Morgan fingerprint density at radius 2 is 1.92 bits per heavy atom. The van der Waals surface area contributed by atoms with E-state index >= 15 is 4.39 Å². The number of fused-ring (bicyclic) bond motifs is 1. The third-order valence-electron chi connectivity index (χ3n) is 6.57. The molecule has 2 aromatic carbocycles. The second-order valence-corrected chi connectivity index (χ2v) is 8.92. The number of benzene rings is 2. The molecule has 0 bridgehead atoms. The number of halogens is 2. The number of ether oxygens (including phenoxy) is 1. The van der Waals surface area contributed by atoms with Crippen LogP contribution in [-0.2, 0) is 6.42 Å². The molecule has 5 rings (SSSR count). The molecule has 9 heteroatoms. The first-order valence-corrected chi connectivity index (χ1v) is 11.9. The number of nitrogens with one attached hydrogen (secondary N) is 1. The first-order chi connectivity index (χ1) is 17.5. The van der Waals surface area contributed by atoms with Gasteiger partial charge in [-0.2, -0.15) is 0 Å². The van der Waals surface area contributed by atoms with Gasteiger partial charge in [0.25, 0.3) is 5.69 Å². The van der Waals surface area contributed by atoms with E-state index in [2.05, 4.69) is 32.0 Å². The lowest BCUT2D eigenvalue weighted by atomic mass is 10.1. The zero-order valence-electron chi connectivity index (χ0n) is 20.2. The van der Waals surface area contributed by atoms with Crippen molar-refractivity contribution < 1.29 is 13.5 Å². The van der Waals surface area contributed by atoms with Crippen LogP contribution in [0.2, 0.25) is 0 Å². The predicted octanol–water partition coefficient (Wildman–Crippen LogP) is 5.94. The van der Waals surface area contributed by atoms with Gasteiger partial charge < -0.3 is 19.9 Å². The van der Waals surface area contributed by atoms with Crippen LogP contribution in [0.1, 0.15) is 25.0 Å². The zero-order chi connectivity index (χ0) is 25.2. The van der Waals surface area contributed by atoms with Gasteiger partial charge in [-0.05, 0) is 49.7 Å². The second kappa shape index (κ2) is 9.91. The minimum Gasteiger partial charge on any atom is -0.446 e. The molecular weight excluding hydrogens is 462 g/mol. The SMILES string of the molecule is [C-]#[N+]c1c(Nc2ccc(N3CCN(CC)CC3)c(F)c2)ncnc1Oc1ccc2c(c1F)C=C(C)C2. The number of hydrogen-bond donors (Lipinski definition) is 1. The van der Waals surface area contributed by atoms with E-state index in [4.69, 9.17) is 11.3 Å². The normalized spacial score (nSPS) is 15.3. The second-order valence-electron chi connectivity index (χ2n) is 8.92. The van der Waals surface area contributed by atoms with E-state index in [9.17, 15) is 4.39 Å². The quantitative estimate of drug-likeness (QED) is 0.433. The van der Waals surface area contributed by atoms with E-state index in [0.717, 1.165) is 43.9 Å². The third kappa shape index (κ3) is 4.60. The molecule has 3 aromatic rings. The average molecular weight is 489 g/mol. The summed E-state index contributed by atoms with van der Waals surface area (Å²) in [6.45, 7) is 16.0. The van der Waals surface area contributed by atoms with Crippen molar-refractivity contribution in [1.82, 2.24) is 14.9 Å². The number of hydrogen-bond acceptors (Lipinski definition) is 6. The monoisotopic (exact) mass is 488 g/mol. The van der Waals surface area contributed by atoms with Gasteiger partial charge in [0.15, 0.2) is 11.6 Å². The van der Waals surface area contributed by atoms with E-state index < -0.39 is 5.82 Å². The van der Waals surface area contributed by atoms with E-state index in [1.807, 2.05) is 17.9 Å². The summed E-state index contributed by atoms with van der Waals surface area (Å²) in [5.74, 6) is -0.802. The molecule has 1 N–H and O–H groups in total. The lowest BCUT2D eigenvalue weighted by Gasteiger charge is -2.35. The van der Waals surface area contributed by atoms with Gasteiger partial charge in [-0.15, -0.1) is 0 Å². The average Bonchev–Trinajstić information content (AvgIpc) is 3.27. The van der Waals surface area contributed by atoms with Crippen molar-refractivity contribution in [3.8, 4) is 11.6 Å². The van der Waals surface area contributed by atoms with Crippen molar-refractivity contribution >= 4 is 29.0 Å². The lowest BCUT2D eigenvalue weighted by molar-refractivity contribution is 0.270. The number of allylic oxidation sites excluding steroid dienone is 1. The van der Waals surface area contributed by atoms with Crippen LogP contribution in [-0.4, -0.2) is 47.6 Å². The van der Waals surface area contributed by atoms with Crippen molar-refractivity contribution in [1.29, 1.82) is 0 Å². The third-order valence-corrected chi connectivity index (χ3v) is 6.57. The zero-order valence-corrected chi connectivity index (χ0v) is 20.2. The first kappa shape index (κ1) is 23.7. The van der Waals surface area contributed by atoms with Gasteiger partial charge >= 0.3 is 0 Å². The largest absolute Gasteiger partial charge is 0.446 e. The van der Waals surface area contributed by atoms with Crippen LogP contribution in [0.3, 0.4) is 0 Å². The molecule has 2 heterocycles. The highest BCUT2D eigenvalue weighted by Crippen LogP contribution is 2.39. The molecule has 1 aliphatic carbocycles. The van der Waals surface area contributed by atoms with E-state index in [1.165, 1.54) is 18.5 Å². The molecule has 1 aliphatic heterocycles. The molecule has 1 aromatic heterocycles. The topological polar surface area (TPSA) is 57.9 Å². The van der Waals surface area contributed by atoms with E-state index in [-0.39, 0.29) is 29.0 Å². The van der Waals surface area contributed by atoms with Gasteiger partial charge in [-0.25, -0.2) is 23.6 Å². The summed E-state index contributed by atoms with van der Waals surface area (Å²) >= 11 is 0. The molecule has 1 fully saturated rings. The standard InChI is InChI=1S/C27H26F2N6O/c1-4-34-9-11-35(12-10-34)22-7-6-19(15-21(22)28)33-26-25(30-3)27(32-16-31-26)36-23-8-5-18-13-17(2)14-20(18)24(23)29/h5-8,14-16H,4,9-13H2,1-2H3,(H,31,32,33). The summed E-state index contributed by atoms with van der Waals surface area (Å²) in [7, 11) is 0. The van der Waals surface area contributed by atoms with Crippen molar-refractivity contribution in [2.45, 2.75) is 20.3 Å². The summed E-state index contributed by atoms with van der Waals surface area (Å²) in [5, 5.41) is 2.98. The maximum Gasteiger partial charge on any atom is 0.288 e. The summed E-state index contributed by atoms with van der Waals surface area (Å²) in [6, 6.07) is 8.20. The summed E-state index contributed by atoms with van der Waals surface area (Å²) in [4.78, 5) is 16.1. The van der Waals surface area contributed by atoms with Crippen LogP contribution in [0.25, 0.3) is 10.9 Å². The van der Waals surface area contributed by atoms with Crippen LogP contribution in [0.15, 0.2) is 42.2 Å². The Morgan fingerprint density at radius 1 is 1.11 bits per heavy atom. The van der Waals surface area contributed by atoms with Crippen LogP contribution in [0, 0.1) is 18.2 Å². The van der Waals surface area contributed by atoms with Gasteiger partial charge in [-0.1, -0.05) is 24.6 Å². The molecule has 2 aliphatic rings. The molecule has 0 atom stereocenters. The number of anilines is 3. The molecule has 7 nitrogen and oxygen atoms in total. The Balaban J connectivity index is 1.36. The maximum atomic E-state index is 15.0. The Labute approximate surface area is 208 Å².